The van der Waals surface area contributed by atoms with Crippen LogP contribution in [0.25, 0.3) is 0 Å². The Balaban J connectivity index is 0.00000450. The van der Waals surface area contributed by atoms with Gasteiger partial charge in [0.1, 0.15) is 30.2 Å². The smallest absolute Gasteiger partial charge is 0.229 e. The molecule has 1 aromatic carbocycles. The number of carbonyl (C=O) groups excluding carboxylic acids is 1. The highest BCUT2D eigenvalue weighted by Gasteiger charge is 2.44. The molecule has 1 aliphatic rings. The second-order valence-corrected chi connectivity index (χ2v) is 7.93. The highest BCUT2D eigenvalue weighted by atomic mass is 79.9. The van der Waals surface area contributed by atoms with Gasteiger partial charge in [0.05, 0.1) is 6.61 Å². The number of aliphatic hydroxyl groups excluding tert-OH is 4. The Bertz CT molecular complexity index is 647. The summed E-state index contributed by atoms with van der Waals surface area (Å²) in [4.78, 5) is 16.8. The van der Waals surface area contributed by atoms with Gasteiger partial charge in [0.2, 0.25) is 6.29 Å². The molecule has 1 aliphatic heterocycles. The van der Waals surface area contributed by atoms with Gasteiger partial charge in [0, 0.05) is 24.6 Å². The highest BCUT2D eigenvalue weighted by molar-refractivity contribution is 8.93. The molecule has 0 amide bonds. The zero-order valence-corrected chi connectivity index (χ0v) is 19.4. The lowest BCUT2D eigenvalue weighted by Crippen LogP contribution is -2.60. The lowest BCUT2D eigenvalue weighted by atomic mass is 9.96. The average molecular weight is 493 g/mol. The van der Waals surface area contributed by atoms with Crippen LogP contribution in [0.3, 0.4) is 0 Å². The first-order valence-corrected chi connectivity index (χ1v) is 9.55. The number of hydrogen-bond donors (Lipinski definition) is 4. The van der Waals surface area contributed by atoms with E-state index in [1.807, 2.05) is 38.0 Å². The lowest BCUT2D eigenvalue weighted by Gasteiger charge is -2.39. The van der Waals surface area contributed by atoms with Crippen LogP contribution in [0.1, 0.15) is 10.4 Å². The number of ketones is 1. The fourth-order valence-electron chi connectivity index (χ4n) is 3.34. The summed E-state index contributed by atoms with van der Waals surface area (Å²) < 4.78 is 10.9. The van der Waals surface area contributed by atoms with Crippen LogP contribution in [0, 0.1) is 5.92 Å². The molecule has 10 heteroatoms. The molecule has 1 aromatic rings. The Labute approximate surface area is 187 Å². The van der Waals surface area contributed by atoms with Crippen molar-refractivity contribution in [3.05, 3.63) is 29.8 Å². The fourth-order valence-corrected chi connectivity index (χ4v) is 3.34. The average Bonchev–Trinajstić information content (AvgIpc) is 2.67. The maximum absolute atomic E-state index is 12.9. The monoisotopic (exact) mass is 492 g/mol. The number of hydrogen-bond acceptors (Lipinski definition) is 9. The Hall–Kier alpha value is -1.11. The summed E-state index contributed by atoms with van der Waals surface area (Å²) in [5.74, 6) is 0.159. The van der Waals surface area contributed by atoms with Crippen molar-refractivity contribution < 1.29 is 34.7 Å². The van der Waals surface area contributed by atoms with E-state index >= 15 is 0 Å². The van der Waals surface area contributed by atoms with Gasteiger partial charge in [-0.25, -0.2) is 0 Å². The second kappa shape index (κ2) is 12.1. The first-order chi connectivity index (χ1) is 13.6. The molecule has 0 radical (unpaired) electrons. The molecule has 0 spiro atoms. The maximum Gasteiger partial charge on any atom is 0.229 e. The van der Waals surface area contributed by atoms with Gasteiger partial charge in [-0.05, 0) is 52.5 Å². The number of aliphatic hydroxyl groups is 4. The molecule has 172 valence electrons. The third-order valence-corrected chi connectivity index (χ3v) is 4.78. The molecule has 4 N–H and O–H groups in total. The number of ether oxygens (including phenoxy) is 2. The zero-order valence-electron chi connectivity index (χ0n) is 17.7. The van der Waals surface area contributed by atoms with Crippen molar-refractivity contribution in [2.45, 2.75) is 30.7 Å². The van der Waals surface area contributed by atoms with Crippen molar-refractivity contribution in [2.24, 2.45) is 5.92 Å². The van der Waals surface area contributed by atoms with Crippen molar-refractivity contribution in [2.75, 3.05) is 47.9 Å². The van der Waals surface area contributed by atoms with E-state index in [-0.39, 0.29) is 28.7 Å². The van der Waals surface area contributed by atoms with Gasteiger partial charge in [0.25, 0.3) is 0 Å². The van der Waals surface area contributed by atoms with Crippen molar-refractivity contribution in [1.82, 2.24) is 9.80 Å². The van der Waals surface area contributed by atoms with Crippen LogP contribution in [-0.4, -0.2) is 115 Å². The summed E-state index contributed by atoms with van der Waals surface area (Å²) in [6.07, 6.45) is -6.75. The minimum absolute atomic E-state index is 0. The Kier molecular flexibility index (Phi) is 10.8. The van der Waals surface area contributed by atoms with Crippen LogP contribution in [-0.2, 0) is 4.74 Å². The number of nitrogens with zero attached hydrogens (tertiary/aromatic N) is 2. The van der Waals surface area contributed by atoms with Gasteiger partial charge in [-0.1, -0.05) is 0 Å². The van der Waals surface area contributed by atoms with E-state index in [1.165, 1.54) is 0 Å². The molecule has 1 fully saturated rings. The van der Waals surface area contributed by atoms with Gasteiger partial charge in [0.15, 0.2) is 5.78 Å². The number of carbonyl (C=O) groups is 1. The molecule has 1 saturated heterocycles. The first kappa shape index (κ1) is 26.9. The van der Waals surface area contributed by atoms with Crippen LogP contribution in [0.2, 0.25) is 0 Å². The van der Waals surface area contributed by atoms with E-state index in [1.54, 1.807) is 24.3 Å². The lowest BCUT2D eigenvalue weighted by molar-refractivity contribution is -0.277. The van der Waals surface area contributed by atoms with Crippen LogP contribution in [0.15, 0.2) is 24.3 Å². The van der Waals surface area contributed by atoms with Gasteiger partial charge in [-0.2, -0.15) is 0 Å². The summed E-state index contributed by atoms with van der Waals surface area (Å²) >= 11 is 0. The molecular formula is C20H33BrN2O7. The Morgan fingerprint density at radius 3 is 2.00 bits per heavy atom. The second-order valence-electron chi connectivity index (χ2n) is 7.93. The van der Waals surface area contributed by atoms with E-state index < -0.39 is 37.3 Å². The molecule has 1 heterocycles. The topological polar surface area (TPSA) is 123 Å². The predicted octanol–water partition coefficient (Wildman–Crippen LogP) is -0.635. The Morgan fingerprint density at radius 2 is 1.53 bits per heavy atom. The summed E-state index contributed by atoms with van der Waals surface area (Å²) in [5, 5.41) is 39.0. The minimum atomic E-state index is -1.51. The highest BCUT2D eigenvalue weighted by Crippen LogP contribution is 2.25. The molecule has 5 atom stereocenters. The van der Waals surface area contributed by atoms with Crippen molar-refractivity contribution >= 4 is 22.8 Å². The zero-order chi connectivity index (χ0) is 21.7. The normalized spacial score (nSPS) is 26.7. The molecule has 9 nitrogen and oxygen atoms in total. The van der Waals surface area contributed by atoms with Gasteiger partial charge >= 0.3 is 0 Å². The molecular weight excluding hydrogens is 460 g/mol. The summed E-state index contributed by atoms with van der Waals surface area (Å²) in [5.41, 5.74) is 0.542. The number of Topliss-reactive ketones (excluding diaryl/α,β-unsaturated/α-hetero) is 1. The van der Waals surface area contributed by atoms with Crippen molar-refractivity contribution in [3.63, 3.8) is 0 Å². The summed E-state index contributed by atoms with van der Waals surface area (Å²) in [6.45, 7) is 0.720. The third kappa shape index (κ3) is 6.96. The number of halogens is 1. The summed E-state index contributed by atoms with van der Waals surface area (Å²) in [7, 11) is 7.70. The fraction of sp³-hybridized carbons (Fsp3) is 0.650. The summed E-state index contributed by atoms with van der Waals surface area (Å²) in [6, 6.07) is 6.44. The molecule has 0 saturated carbocycles. The number of benzene rings is 1. The molecule has 2 rings (SSSR count). The molecule has 30 heavy (non-hydrogen) atoms. The van der Waals surface area contributed by atoms with E-state index in [0.717, 1.165) is 0 Å². The van der Waals surface area contributed by atoms with E-state index in [0.29, 0.717) is 24.4 Å². The van der Waals surface area contributed by atoms with E-state index in [9.17, 15) is 25.2 Å². The Morgan fingerprint density at radius 1 is 1.00 bits per heavy atom. The van der Waals surface area contributed by atoms with Crippen LogP contribution < -0.4 is 4.74 Å². The van der Waals surface area contributed by atoms with Gasteiger partial charge in [-0.15, -0.1) is 17.0 Å². The molecule has 5 unspecified atom stereocenters. The maximum atomic E-state index is 12.9. The predicted molar refractivity (Wildman–Crippen MR) is 116 cm³/mol. The third-order valence-electron chi connectivity index (χ3n) is 4.78. The largest absolute Gasteiger partial charge is 0.462 e. The van der Waals surface area contributed by atoms with Crippen LogP contribution in [0.5, 0.6) is 5.75 Å². The molecule has 0 aromatic heterocycles. The quantitative estimate of drug-likeness (QED) is 0.333. The minimum Gasteiger partial charge on any atom is -0.462 e. The van der Waals surface area contributed by atoms with Crippen molar-refractivity contribution in [3.8, 4) is 5.75 Å². The SMILES string of the molecule is Br.CN(C)CC(CN(C)C)C(=O)c1ccc(OC2OC(CO)C(O)C(O)C2O)cc1. The van der Waals surface area contributed by atoms with Crippen molar-refractivity contribution in [1.29, 1.82) is 0 Å². The molecule has 0 bridgehead atoms. The van der Waals surface area contributed by atoms with E-state index in [2.05, 4.69) is 0 Å². The van der Waals surface area contributed by atoms with Gasteiger partial charge < -0.3 is 39.7 Å². The standard InChI is InChI=1S/C20H32N2O7.BrH/c1-21(2)9-13(10-22(3)4)16(24)12-5-7-14(8-6-12)28-20-19(27)18(26)17(25)15(11-23)29-20;/h5-8,13,15,17-20,23,25-27H,9-11H2,1-4H3;1H. The molecule has 0 aliphatic carbocycles. The van der Waals surface area contributed by atoms with Gasteiger partial charge in [-0.3, -0.25) is 4.79 Å². The first-order valence-electron chi connectivity index (χ1n) is 9.55. The van der Waals surface area contributed by atoms with Crippen LogP contribution >= 0.6 is 17.0 Å². The van der Waals surface area contributed by atoms with Crippen LogP contribution in [0.4, 0.5) is 0 Å². The van der Waals surface area contributed by atoms with E-state index in [4.69, 9.17) is 9.47 Å². The number of rotatable bonds is 9.